The average molecular weight is 522 g/mol. The van der Waals surface area contributed by atoms with Crippen molar-refractivity contribution in [2.24, 2.45) is 0 Å². The van der Waals surface area contributed by atoms with Gasteiger partial charge in [0.2, 0.25) is 0 Å². The highest BCUT2D eigenvalue weighted by Gasteiger charge is 2.15. The predicted molar refractivity (Wildman–Crippen MR) is 107 cm³/mol. The minimum absolute atomic E-state index is 0.951. The maximum absolute atomic E-state index is 5.60. The number of aromatic amines is 1. The van der Waals surface area contributed by atoms with Crippen LogP contribution in [0.4, 0.5) is 0 Å². The number of piperidine rings is 1. The Balaban J connectivity index is 1.84. The molecule has 1 saturated heterocycles. The number of methoxy groups -OCH3 is 1. The van der Waals surface area contributed by atoms with E-state index in [1.165, 1.54) is 41.6 Å². The van der Waals surface area contributed by atoms with Crippen molar-refractivity contribution in [1.82, 2.24) is 9.88 Å². The zero-order chi connectivity index (χ0) is 15.5. The first kappa shape index (κ1) is 16.6. The van der Waals surface area contributed by atoms with Gasteiger partial charge in [0.05, 0.1) is 10.7 Å². The number of halogens is 2. The second-order valence-electron chi connectivity index (χ2n) is 5.70. The number of H-pyrrole nitrogens is 1. The van der Waals surface area contributed by atoms with Gasteiger partial charge in [-0.15, -0.1) is 0 Å². The van der Waals surface area contributed by atoms with Crippen LogP contribution in [0.5, 0.6) is 5.75 Å². The van der Waals surface area contributed by atoms with Gasteiger partial charge in [-0.2, -0.15) is 0 Å². The van der Waals surface area contributed by atoms with Gasteiger partial charge in [0.25, 0.3) is 0 Å². The molecule has 1 aromatic heterocycles. The monoisotopic (exact) mass is 522 g/mol. The summed E-state index contributed by atoms with van der Waals surface area (Å²) >= 11 is 4.70. The van der Waals surface area contributed by atoms with E-state index in [4.69, 9.17) is 4.74 Å². The average Bonchev–Trinajstić information content (AvgIpc) is 2.96. The molecule has 1 N–H and O–H groups in total. The molecule has 3 rings (SSSR count). The summed E-state index contributed by atoms with van der Waals surface area (Å²) in [6.45, 7) is 3.46. The van der Waals surface area contributed by atoms with Crippen LogP contribution in [0.3, 0.4) is 0 Å². The lowest BCUT2D eigenvalue weighted by Gasteiger charge is -2.25. The fraction of sp³-hybridized carbons (Fsp3) is 0.412. The number of ether oxygens (including phenoxy) is 1. The molecular weight excluding hydrogens is 502 g/mol. The van der Waals surface area contributed by atoms with Crippen molar-refractivity contribution in [3.8, 4) is 17.0 Å². The van der Waals surface area contributed by atoms with Gasteiger partial charge in [-0.3, -0.25) is 4.90 Å². The minimum Gasteiger partial charge on any atom is -0.495 e. The molecule has 1 aliphatic rings. The van der Waals surface area contributed by atoms with E-state index in [-0.39, 0.29) is 0 Å². The third-order valence-corrected chi connectivity index (χ3v) is 5.52. The summed E-state index contributed by atoms with van der Waals surface area (Å²) in [6, 6.07) is 8.69. The van der Waals surface area contributed by atoms with Gasteiger partial charge in [0, 0.05) is 27.1 Å². The molecule has 0 unspecified atom stereocenters. The summed E-state index contributed by atoms with van der Waals surface area (Å²) < 4.78 is 7.98. The normalized spacial score (nSPS) is 16.0. The van der Waals surface area contributed by atoms with Crippen LogP contribution in [0.2, 0.25) is 0 Å². The summed E-state index contributed by atoms with van der Waals surface area (Å²) in [4.78, 5) is 6.11. The Labute approximate surface area is 159 Å². The Morgan fingerprint density at radius 2 is 1.91 bits per heavy atom. The second-order valence-corrected chi connectivity index (χ2v) is 8.11. The highest BCUT2D eigenvalue weighted by atomic mass is 127. The van der Waals surface area contributed by atoms with Gasteiger partial charge in [0.15, 0.2) is 0 Å². The smallest absolute Gasteiger partial charge is 0.141 e. The van der Waals surface area contributed by atoms with Gasteiger partial charge in [-0.05, 0) is 95.4 Å². The molecular formula is C17H20I2N2O. The largest absolute Gasteiger partial charge is 0.495 e. The van der Waals surface area contributed by atoms with E-state index in [2.05, 4.69) is 79.3 Å². The van der Waals surface area contributed by atoms with Crippen molar-refractivity contribution >= 4 is 45.2 Å². The van der Waals surface area contributed by atoms with Crippen molar-refractivity contribution in [2.45, 2.75) is 25.8 Å². The highest BCUT2D eigenvalue weighted by molar-refractivity contribution is 14.1. The molecule has 2 heterocycles. The zero-order valence-electron chi connectivity index (χ0n) is 12.7. The van der Waals surface area contributed by atoms with Crippen molar-refractivity contribution < 1.29 is 4.74 Å². The Morgan fingerprint density at radius 1 is 1.14 bits per heavy atom. The first-order valence-electron chi connectivity index (χ1n) is 7.61. The van der Waals surface area contributed by atoms with Crippen LogP contribution in [0.1, 0.15) is 25.0 Å². The molecule has 0 atom stereocenters. The molecule has 22 heavy (non-hydrogen) atoms. The Bertz CT molecular complexity index is 648. The van der Waals surface area contributed by atoms with Crippen LogP contribution >= 0.6 is 45.2 Å². The molecule has 0 spiro atoms. The van der Waals surface area contributed by atoms with Crippen LogP contribution in [-0.4, -0.2) is 30.1 Å². The third kappa shape index (κ3) is 3.79. The predicted octanol–water partition coefficient (Wildman–Crippen LogP) is 4.89. The number of nitrogens with zero attached hydrogens (tertiary/aromatic N) is 1. The maximum Gasteiger partial charge on any atom is 0.141 e. The van der Waals surface area contributed by atoms with Gasteiger partial charge in [-0.25, -0.2) is 0 Å². The fourth-order valence-corrected chi connectivity index (χ4v) is 5.08. The van der Waals surface area contributed by atoms with Crippen LogP contribution < -0.4 is 4.74 Å². The molecule has 5 heteroatoms. The van der Waals surface area contributed by atoms with Crippen LogP contribution in [0, 0.1) is 7.14 Å². The van der Waals surface area contributed by atoms with E-state index in [1.807, 2.05) is 0 Å². The van der Waals surface area contributed by atoms with Gasteiger partial charge in [0.1, 0.15) is 5.75 Å². The van der Waals surface area contributed by atoms with Gasteiger partial charge in [-0.1, -0.05) is 6.42 Å². The molecule has 0 radical (unpaired) electrons. The Hall–Kier alpha value is -0.280. The Kier molecular flexibility index (Phi) is 5.67. The molecule has 1 aliphatic heterocycles. The standard InChI is InChI=1S/C17H20I2N2O/c1-22-17-14(9-12(18)10-15(17)19)16-6-5-13(20-16)11-21-7-3-2-4-8-21/h5-6,9-10,20H,2-4,7-8,11H2,1H3. The molecule has 3 nitrogen and oxygen atoms in total. The molecule has 0 bridgehead atoms. The summed E-state index contributed by atoms with van der Waals surface area (Å²) in [7, 11) is 1.74. The molecule has 1 fully saturated rings. The third-order valence-electron chi connectivity index (χ3n) is 4.09. The first-order chi connectivity index (χ1) is 10.7. The summed E-state index contributed by atoms with van der Waals surface area (Å²) in [5.41, 5.74) is 3.57. The molecule has 0 amide bonds. The molecule has 118 valence electrons. The fourth-order valence-electron chi connectivity index (χ4n) is 3.02. The number of likely N-dealkylation sites (tertiary alicyclic amines) is 1. The first-order valence-corrected chi connectivity index (χ1v) is 9.77. The van der Waals surface area contributed by atoms with Gasteiger partial charge < -0.3 is 9.72 Å². The number of aromatic nitrogens is 1. The van der Waals surface area contributed by atoms with Crippen molar-refractivity contribution in [3.05, 3.63) is 37.1 Å². The zero-order valence-corrected chi connectivity index (χ0v) is 17.0. The summed E-state index contributed by atoms with van der Waals surface area (Å²) in [5.74, 6) is 0.951. The summed E-state index contributed by atoms with van der Waals surface area (Å²) in [5, 5.41) is 0. The van der Waals surface area contributed by atoms with Crippen LogP contribution in [0.15, 0.2) is 24.3 Å². The Morgan fingerprint density at radius 3 is 2.64 bits per heavy atom. The van der Waals surface area contributed by atoms with E-state index < -0.39 is 0 Å². The van der Waals surface area contributed by atoms with E-state index in [1.54, 1.807) is 7.11 Å². The SMILES string of the molecule is COc1c(I)cc(I)cc1-c1ccc(CN2CCCCC2)[nH]1. The number of hydrogen-bond donors (Lipinski definition) is 1. The number of rotatable bonds is 4. The quantitative estimate of drug-likeness (QED) is 0.580. The summed E-state index contributed by atoms with van der Waals surface area (Å²) in [6.07, 6.45) is 4.04. The maximum atomic E-state index is 5.60. The van der Waals surface area contributed by atoms with E-state index in [0.29, 0.717) is 0 Å². The molecule has 0 saturated carbocycles. The topological polar surface area (TPSA) is 28.3 Å². The van der Waals surface area contributed by atoms with E-state index in [9.17, 15) is 0 Å². The molecule has 2 aromatic rings. The minimum atomic E-state index is 0.951. The molecule has 0 aliphatic carbocycles. The van der Waals surface area contributed by atoms with Crippen molar-refractivity contribution in [1.29, 1.82) is 0 Å². The number of hydrogen-bond acceptors (Lipinski definition) is 2. The van der Waals surface area contributed by atoms with Crippen molar-refractivity contribution in [2.75, 3.05) is 20.2 Å². The lowest BCUT2D eigenvalue weighted by Crippen LogP contribution is -2.29. The van der Waals surface area contributed by atoms with Gasteiger partial charge >= 0.3 is 0 Å². The second kappa shape index (κ2) is 7.53. The lowest BCUT2D eigenvalue weighted by atomic mass is 10.1. The lowest BCUT2D eigenvalue weighted by molar-refractivity contribution is 0.219. The van der Waals surface area contributed by atoms with Crippen LogP contribution in [0.25, 0.3) is 11.3 Å². The van der Waals surface area contributed by atoms with E-state index in [0.717, 1.165) is 27.1 Å². The highest BCUT2D eigenvalue weighted by Crippen LogP contribution is 2.35. The number of benzene rings is 1. The van der Waals surface area contributed by atoms with Crippen molar-refractivity contribution in [3.63, 3.8) is 0 Å². The van der Waals surface area contributed by atoms with E-state index >= 15 is 0 Å². The molecule has 1 aromatic carbocycles. The number of nitrogens with one attached hydrogen (secondary N) is 1. The van der Waals surface area contributed by atoms with Crippen LogP contribution in [-0.2, 0) is 6.54 Å².